The summed E-state index contributed by atoms with van der Waals surface area (Å²) in [6, 6.07) is 12.7. The van der Waals surface area contributed by atoms with Crippen LogP contribution in [0.15, 0.2) is 89.8 Å². The molecule has 7 nitrogen and oxygen atoms in total. The molecule has 4 rings (SSSR count). The number of aromatic nitrogens is 1. The normalized spacial score (nSPS) is 17.7. The zero-order chi connectivity index (χ0) is 21.8. The van der Waals surface area contributed by atoms with Gasteiger partial charge in [0, 0.05) is 18.0 Å². The van der Waals surface area contributed by atoms with Crippen molar-refractivity contribution in [2.45, 2.75) is 12.6 Å². The predicted octanol–water partition coefficient (Wildman–Crippen LogP) is 3.86. The second kappa shape index (κ2) is 8.71. The molecule has 0 aliphatic carbocycles. The quantitative estimate of drug-likeness (QED) is 0.272. The number of rotatable bonds is 7. The van der Waals surface area contributed by atoms with Crippen LogP contribution in [0.1, 0.15) is 22.9 Å². The topological polar surface area (TPSA) is 92.9 Å². The minimum Gasteiger partial charge on any atom is -0.507 e. The van der Waals surface area contributed by atoms with Crippen molar-refractivity contribution in [1.29, 1.82) is 0 Å². The van der Waals surface area contributed by atoms with Crippen molar-refractivity contribution in [1.82, 2.24) is 9.88 Å². The first-order chi connectivity index (χ1) is 15.1. The summed E-state index contributed by atoms with van der Waals surface area (Å²) < 4.78 is 10.8. The molecule has 3 heterocycles. The van der Waals surface area contributed by atoms with Gasteiger partial charge in [0.2, 0.25) is 0 Å². The van der Waals surface area contributed by atoms with Gasteiger partial charge in [-0.1, -0.05) is 12.7 Å². The van der Waals surface area contributed by atoms with Crippen LogP contribution in [0, 0.1) is 0 Å². The number of likely N-dealkylation sites (tertiary alicyclic amines) is 1. The number of ketones is 1. The molecule has 0 bridgehead atoms. The van der Waals surface area contributed by atoms with Crippen LogP contribution in [0.3, 0.4) is 0 Å². The van der Waals surface area contributed by atoms with Crippen molar-refractivity contribution in [2.75, 3.05) is 6.61 Å². The van der Waals surface area contributed by atoms with Crippen LogP contribution in [0.5, 0.6) is 5.75 Å². The fraction of sp³-hybridized carbons (Fsp3) is 0.125. The van der Waals surface area contributed by atoms with Gasteiger partial charge in [-0.2, -0.15) is 0 Å². The summed E-state index contributed by atoms with van der Waals surface area (Å²) in [6.07, 6.45) is 6.29. The highest BCUT2D eigenvalue weighted by Crippen LogP contribution is 2.40. The fourth-order valence-corrected chi connectivity index (χ4v) is 3.53. The Morgan fingerprint density at radius 1 is 1.16 bits per heavy atom. The highest BCUT2D eigenvalue weighted by atomic mass is 16.5. The molecule has 0 saturated carbocycles. The molecule has 1 fully saturated rings. The summed E-state index contributed by atoms with van der Waals surface area (Å²) in [4.78, 5) is 31.2. The number of amides is 1. The Morgan fingerprint density at radius 2 is 1.90 bits per heavy atom. The molecule has 1 amide bonds. The standard InChI is InChI=1S/C24H20N2O5/c1-2-13-30-18-7-5-17(6-8-18)22(27)20-21(16-9-11-25-12-10-16)26(24(29)23(20)28)15-19-4-3-14-31-19/h2-12,14,21,27H,1,13,15H2. The Kier molecular flexibility index (Phi) is 5.66. The van der Waals surface area contributed by atoms with Crippen molar-refractivity contribution in [3.05, 3.63) is 102 Å². The number of carbonyl (C=O) groups is 2. The van der Waals surface area contributed by atoms with Crippen LogP contribution in [0.4, 0.5) is 0 Å². The molecule has 3 aromatic rings. The maximum atomic E-state index is 13.0. The van der Waals surface area contributed by atoms with E-state index >= 15 is 0 Å². The van der Waals surface area contributed by atoms with Gasteiger partial charge in [0.25, 0.3) is 11.7 Å². The third kappa shape index (κ3) is 3.98. The second-order valence-electron chi connectivity index (χ2n) is 6.91. The van der Waals surface area contributed by atoms with Crippen LogP contribution in [-0.2, 0) is 16.1 Å². The van der Waals surface area contributed by atoms with Gasteiger partial charge in [-0.25, -0.2) is 0 Å². The molecule has 1 unspecified atom stereocenters. The second-order valence-corrected chi connectivity index (χ2v) is 6.91. The Bertz CT molecular complexity index is 1120. The number of Topliss-reactive ketones (excluding diaryl/α,β-unsaturated/α-hetero) is 1. The molecule has 1 saturated heterocycles. The number of hydrogen-bond acceptors (Lipinski definition) is 6. The first-order valence-corrected chi connectivity index (χ1v) is 9.65. The number of ether oxygens (including phenoxy) is 1. The lowest BCUT2D eigenvalue weighted by molar-refractivity contribution is -0.140. The van der Waals surface area contributed by atoms with Crippen LogP contribution in [0.25, 0.3) is 5.76 Å². The molecule has 1 N–H and O–H groups in total. The Morgan fingerprint density at radius 3 is 2.55 bits per heavy atom. The van der Waals surface area contributed by atoms with E-state index in [-0.39, 0.29) is 17.9 Å². The third-order valence-corrected chi connectivity index (χ3v) is 4.96. The first-order valence-electron chi connectivity index (χ1n) is 9.65. The summed E-state index contributed by atoms with van der Waals surface area (Å²) in [6.45, 7) is 4.05. The molecular formula is C24H20N2O5. The van der Waals surface area contributed by atoms with E-state index in [0.717, 1.165) is 0 Å². The SMILES string of the molecule is C=CCOc1ccc(C(O)=C2C(=O)C(=O)N(Cc3ccco3)C2c2ccncc2)cc1. The predicted molar refractivity (Wildman–Crippen MR) is 113 cm³/mol. The zero-order valence-electron chi connectivity index (χ0n) is 16.6. The molecule has 1 aliphatic heterocycles. The number of hydrogen-bond donors (Lipinski definition) is 1. The molecule has 1 aliphatic rings. The number of pyridine rings is 1. The molecule has 7 heteroatoms. The van der Waals surface area contributed by atoms with E-state index < -0.39 is 17.7 Å². The number of aliphatic hydroxyl groups excluding tert-OH is 1. The molecule has 1 atom stereocenters. The zero-order valence-corrected chi connectivity index (χ0v) is 16.6. The van der Waals surface area contributed by atoms with Crippen LogP contribution in [-0.4, -0.2) is 33.3 Å². The fourth-order valence-electron chi connectivity index (χ4n) is 3.53. The van der Waals surface area contributed by atoms with E-state index in [4.69, 9.17) is 9.15 Å². The van der Waals surface area contributed by atoms with Gasteiger partial charge >= 0.3 is 0 Å². The molecule has 156 valence electrons. The molecule has 31 heavy (non-hydrogen) atoms. The van der Waals surface area contributed by atoms with Crippen molar-refractivity contribution in [2.24, 2.45) is 0 Å². The number of carbonyl (C=O) groups excluding carboxylic acids is 2. The van der Waals surface area contributed by atoms with Gasteiger partial charge in [-0.05, 0) is 54.1 Å². The van der Waals surface area contributed by atoms with Crippen LogP contribution in [0.2, 0.25) is 0 Å². The highest BCUT2D eigenvalue weighted by molar-refractivity contribution is 6.46. The number of nitrogens with zero attached hydrogens (tertiary/aromatic N) is 2. The Balaban J connectivity index is 1.77. The Hall–Kier alpha value is -4.13. The lowest BCUT2D eigenvalue weighted by atomic mass is 9.96. The van der Waals surface area contributed by atoms with E-state index in [1.807, 2.05) is 0 Å². The van der Waals surface area contributed by atoms with E-state index in [0.29, 0.717) is 29.2 Å². The van der Waals surface area contributed by atoms with E-state index in [9.17, 15) is 14.7 Å². The third-order valence-electron chi connectivity index (χ3n) is 4.96. The molecule has 0 radical (unpaired) electrons. The minimum atomic E-state index is -0.773. The van der Waals surface area contributed by atoms with Crippen LogP contribution < -0.4 is 4.74 Å². The summed E-state index contributed by atoms with van der Waals surface area (Å²) in [7, 11) is 0. The van der Waals surface area contributed by atoms with Gasteiger partial charge in [0.1, 0.15) is 23.9 Å². The van der Waals surface area contributed by atoms with Crippen molar-refractivity contribution >= 4 is 17.4 Å². The van der Waals surface area contributed by atoms with Gasteiger partial charge in [-0.3, -0.25) is 14.6 Å². The monoisotopic (exact) mass is 416 g/mol. The Labute approximate surface area is 178 Å². The van der Waals surface area contributed by atoms with Gasteiger partial charge in [0.15, 0.2) is 0 Å². The molecule has 0 spiro atoms. The largest absolute Gasteiger partial charge is 0.507 e. The summed E-state index contributed by atoms with van der Waals surface area (Å²) in [5.74, 6) is -0.578. The smallest absolute Gasteiger partial charge is 0.296 e. The maximum Gasteiger partial charge on any atom is 0.296 e. The van der Waals surface area contributed by atoms with E-state index in [1.54, 1.807) is 67.0 Å². The maximum absolute atomic E-state index is 13.0. The van der Waals surface area contributed by atoms with E-state index in [1.165, 1.54) is 11.2 Å². The van der Waals surface area contributed by atoms with Crippen molar-refractivity contribution in [3.63, 3.8) is 0 Å². The minimum absolute atomic E-state index is 0.0162. The molecular weight excluding hydrogens is 396 g/mol. The first kappa shape index (κ1) is 20.2. The summed E-state index contributed by atoms with van der Waals surface area (Å²) in [5.41, 5.74) is 1.08. The average Bonchev–Trinajstić information content (AvgIpc) is 3.40. The summed E-state index contributed by atoms with van der Waals surface area (Å²) in [5, 5.41) is 11.0. The van der Waals surface area contributed by atoms with Crippen molar-refractivity contribution in [3.8, 4) is 5.75 Å². The average molecular weight is 416 g/mol. The van der Waals surface area contributed by atoms with Gasteiger partial charge < -0.3 is 19.2 Å². The number of aliphatic hydroxyl groups is 1. The molecule has 1 aromatic carbocycles. The molecule has 2 aromatic heterocycles. The number of benzene rings is 1. The van der Waals surface area contributed by atoms with E-state index in [2.05, 4.69) is 11.6 Å². The summed E-state index contributed by atoms with van der Waals surface area (Å²) >= 11 is 0. The number of furan rings is 1. The lowest BCUT2D eigenvalue weighted by Gasteiger charge is -2.24. The highest BCUT2D eigenvalue weighted by Gasteiger charge is 2.46. The van der Waals surface area contributed by atoms with Gasteiger partial charge in [-0.15, -0.1) is 0 Å². The lowest BCUT2D eigenvalue weighted by Crippen LogP contribution is -2.29. The van der Waals surface area contributed by atoms with Gasteiger partial charge in [0.05, 0.1) is 24.4 Å². The van der Waals surface area contributed by atoms with Crippen molar-refractivity contribution < 1.29 is 23.8 Å². The van der Waals surface area contributed by atoms with Crippen LogP contribution >= 0.6 is 0 Å².